The molecule has 3 N–H and O–H groups in total. The number of pyridine rings is 1. The maximum absolute atomic E-state index is 13.0. The van der Waals surface area contributed by atoms with Crippen molar-refractivity contribution in [3.05, 3.63) is 89.4 Å². The van der Waals surface area contributed by atoms with Crippen molar-refractivity contribution in [2.45, 2.75) is 20.4 Å². The Balaban J connectivity index is 1.63. The molecule has 28 heavy (non-hydrogen) atoms. The number of anilines is 2. The number of aromatic amines is 1. The fourth-order valence-electron chi connectivity index (χ4n) is 3.45. The summed E-state index contributed by atoms with van der Waals surface area (Å²) in [4.78, 5) is 20.2. The van der Waals surface area contributed by atoms with Gasteiger partial charge in [-0.05, 0) is 66.9 Å². The smallest absolute Gasteiger partial charge is 0.257 e. The summed E-state index contributed by atoms with van der Waals surface area (Å²) in [6.07, 6.45) is 5.31. The molecule has 5 heteroatoms. The zero-order valence-corrected chi connectivity index (χ0v) is 15.9. The highest BCUT2D eigenvalue weighted by Crippen LogP contribution is 2.28. The third kappa shape index (κ3) is 3.74. The molecule has 1 amide bonds. The summed E-state index contributed by atoms with van der Waals surface area (Å²) in [7, 11) is 0. The van der Waals surface area contributed by atoms with Crippen LogP contribution in [-0.2, 0) is 6.54 Å². The van der Waals surface area contributed by atoms with Crippen LogP contribution in [0, 0.1) is 13.8 Å². The first kappa shape index (κ1) is 17.8. The predicted octanol–water partition coefficient (Wildman–Crippen LogP) is 5.04. The highest BCUT2D eigenvalue weighted by Gasteiger charge is 2.15. The number of nitrogens with zero attached hydrogens (tertiary/aromatic N) is 1. The second kappa shape index (κ2) is 7.56. The van der Waals surface area contributed by atoms with Crippen LogP contribution in [0.4, 0.5) is 11.4 Å². The zero-order chi connectivity index (χ0) is 19.5. The Hall–Kier alpha value is -3.60. The lowest BCUT2D eigenvalue weighted by atomic mass is 10.1. The van der Waals surface area contributed by atoms with Crippen LogP contribution in [0.3, 0.4) is 0 Å². The number of aromatic nitrogens is 2. The molecule has 0 radical (unpaired) electrons. The number of amides is 1. The molecule has 0 bridgehead atoms. The van der Waals surface area contributed by atoms with Gasteiger partial charge >= 0.3 is 0 Å². The Labute approximate surface area is 163 Å². The number of H-pyrrole nitrogens is 1. The van der Waals surface area contributed by atoms with Crippen LogP contribution in [0.1, 0.15) is 27.0 Å². The van der Waals surface area contributed by atoms with Gasteiger partial charge in [-0.3, -0.25) is 9.78 Å². The van der Waals surface area contributed by atoms with Gasteiger partial charge in [-0.2, -0.15) is 0 Å². The third-order valence-corrected chi connectivity index (χ3v) is 4.66. The number of carbonyl (C=O) groups is 1. The summed E-state index contributed by atoms with van der Waals surface area (Å²) in [5, 5.41) is 7.35. The van der Waals surface area contributed by atoms with Crippen molar-refractivity contribution >= 4 is 28.2 Å². The van der Waals surface area contributed by atoms with Crippen LogP contribution in [-0.4, -0.2) is 15.9 Å². The number of aryl methyl sites for hydroxylation is 2. The molecule has 0 atom stereocenters. The summed E-state index contributed by atoms with van der Waals surface area (Å²) in [5.41, 5.74) is 6.63. The van der Waals surface area contributed by atoms with Gasteiger partial charge in [0, 0.05) is 47.4 Å². The number of hydrogen-bond donors (Lipinski definition) is 3. The van der Waals surface area contributed by atoms with E-state index in [1.54, 1.807) is 18.6 Å². The molecule has 140 valence electrons. The van der Waals surface area contributed by atoms with E-state index in [1.165, 1.54) is 0 Å². The number of fused-ring (bicyclic) bond motifs is 1. The Kier molecular flexibility index (Phi) is 4.81. The molecule has 2 aromatic carbocycles. The number of hydrogen-bond acceptors (Lipinski definition) is 3. The van der Waals surface area contributed by atoms with Gasteiger partial charge in [0.15, 0.2) is 0 Å². The Morgan fingerprint density at radius 2 is 1.79 bits per heavy atom. The minimum absolute atomic E-state index is 0.130. The van der Waals surface area contributed by atoms with Crippen LogP contribution in [0.2, 0.25) is 0 Å². The fourth-order valence-corrected chi connectivity index (χ4v) is 3.45. The van der Waals surface area contributed by atoms with Gasteiger partial charge in [-0.25, -0.2) is 0 Å². The number of rotatable bonds is 5. The highest BCUT2D eigenvalue weighted by molar-refractivity contribution is 6.15. The summed E-state index contributed by atoms with van der Waals surface area (Å²) in [6.45, 7) is 4.70. The van der Waals surface area contributed by atoms with Crippen LogP contribution in [0.25, 0.3) is 10.9 Å². The minimum atomic E-state index is -0.130. The summed E-state index contributed by atoms with van der Waals surface area (Å²) >= 11 is 0. The molecule has 4 rings (SSSR count). The summed E-state index contributed by atoms with van der Waals surface area (Å²) in [5.74, 6) is -0.130. The SMILES string of the molecule is Cc1cc(C)cc(NC(=O)c2c[nH]c3cccc(NCc4ccncc4)c23)c1. The van der Waals surface area contributed by atoms with Crippen LogP contribution in [0.15, 0.2) is 67.1 Å². The first-order valence-electron chi connectivity index (χ1n) is 9.23. The second-order valence-electron chi connectivity index (χ2n) is 6.97. The monoisotopic (exact) mass is 370 g/mol. The van der Waals surface area contributed by atoms with E-state index in [4.69, 9.17) is 0 Å². The van der Waals surface area contributed by atoms with Crippen molar-refractivity contribution in [2.24, 2.45) is 0 Å². The van der Waals surface area contributed by atoms with Crippen LogP contribution >= 0.6 is 0 Å². The van der Waals surface area contributed by atoms with Crippen LogP contribution in [0.5, 0.6) is 0 Å². The lowest BCUT2D eigenvalue weighted by Crippen LogP contribution is -2.12. The first-order valence-corrected chi connectivity index (χ1v) is 9.23. The molecule has 0 unspecified atom stereocenters. The molecular weight excluding hydrogens is 348 g/mol. The number of nitrogens with one attached hydrogen (secondary N) is 3. The average molecular weight is 370 g/mol. The third-order valence-electron chi connectivity index (χ3n) is 4.66. The Bertz CT molecular complexity index is 1110. The molecule has 2 aromatic heterocycles. The van der Waals surface area contributed by atoms with Gasteiger partial charge in [0.2, 0.25) is 0 Å². The van der Waals surface area contributed by atoms with Gasteiger partial charge in [-0.15, -0.1) is 0 Å². The Morgan fingerprint density at radius 1 is 1.04 bits per heavy atom. The maximum Gasteiger partial charge on any atom is 0.257 e. The predicted molar refractivity (Wildman–Crippen MR) is 114 cm³/mol. The van der Waals surface area contributed by atoms with Crippen molar-refractivity contribution < 1.29 is 4.79 Å². The average Bonchev–Trinajstić information content (AvgIpc) is 3.11. The standard InChI is InChI=1S/C23H22N4O/c1-15-10-16(2)12-18(11-15)27-23(28)19-14-26-21-5-3-4-20(22(19)21)25-13-17-6-8-24-9-7-17/h3-12,14,25-26H,13H2,1-2H3,(H,27,28). The molecule has 0 aliphatic heterocycles. The molecule has 0 spiro atoms. The van der Waals surface area contributed by atoms with E-state index in [0.717, 1.165) is 39.0 Å². The van der Waals surface area contributed by atoms with Gasteiger partial charge in [0.05, 0.1) is 5.56 Å². The fraction of sp³-hybridized carbons (Fsp3) is 0.130. The largest absolute Gasteiger partial charge is 0.380 e. The van der Waals surface area contributed by atoms with Crippen molar-refractivity contribution in [1.82, 2.24) is 9.97 Å². The van der Waals surface area contributed by atoms with E-state index >= 15 is 0 Å². The molecule has 0 aliphatic carbocycles. The summed E-state index contributed by atoms with van der Waals surface area (Å²) in [6, 6.07) is 15.9. The van der Waals surface area contributed by atoms with Gasteiger partial charge < -0.3 is 15.6 Å². The van der Waals surface area contributed by atoms with Crippen molar-refractivity contribution in [3.63, 3.8) is 0 Å². The molecule has 0 aliphatic rings. The lowest BCUT2D eigenvalue weighted by Gasteiger charge is -2.11. The van der Waals surface area contributed by atoms with E-state index in [0.29, 0.717) is 12.1 Å². The Morgan fingerprint density at radius 3 is 2.54 bits per heavy atom. The quantitative estimate of drug-likeness (QED) is 0.461. The van der Waals surface area contributed by atoms with Gasteiger partial charge in [-0.1, -0.05) is 12.1 Å². The first-order chi connectivity index (χ1) is 13.6. The molecule has 4 aromatic rings. The van der Waals surface area contributed by atoms with Crippen molar-refractivity contribution in [2.75, 3.05) is 10.6 Å². The molecular formula is C23H22N4O. The highest BCUT2D eigenvalue weighted by atomic mass is 16.1. The lowest BCUT2D eigenvalue weighted by molar-refractivity contribution is 0.102. The minimum Gasteiger partial charge on any atom is -0.380 e. The number of carbonyl (C=O) groups excluding carboxylic acids is 1. The maximum atomic E-state index is 13.0. The zero-order valence-electron chi connectivity index (χ0n) is 15.9. The van der Waals surface area contributed by atoms with Gasteiger partial charge in [0.1, 0.15) is 0 Å². The molecule has 0 saturated carbocycles. The van der Waals surface area contributed by atoms with Gasteiger partial charge in [0.25, 0.3) is 5.91 Å². The second-order valence-corrected chi connectivity index (χ2v) is 6.97. The topological polar surface area (TPSA) is 69.8 Å². The summed E-state index contributed by atoms with van der Waals surface area (Å²) < 4.78 is 0. The van der Waals surface area contributed by atoms with E-state index in [2.05, 4.69) is 26.7 Å². The van der Waals surface area contributed by atoms with E-state index in [1.807, 2.05) is 56.3 Å². The normalized spacial score (nSPS) is 10.8. The molecule has 5 nitrogen and oxygen atoms in total. The van der Waals surface area contributed by atoms with E-state index < -0.39 is 0 Å². The molecule has 2 heterocycles. The van der Waals surface area contributed by atoms with Crippen LogP contribution < -0.4 is 10.6 Å². The van der Waals surface area contributed by atoms with Crippen molar-refractivity contribution in [3.8, 4) is 0 Å². The molecule has 0 fully saturated rings. The van der Waals surface area contributed by atoms with E-state index in [-0.39, 0.29) is 5.91 Å². The van der Waals surface area contributed by atoms with Crippen molar-refractivity contribution in [1.29, 1.82) is 0 Å². The molecule has 0 saturated heterocycles. The van der Waals surface area contributed by atoms with E-state index in [9.17, 15) is 4.79 Å². The number of benzene rings is 2.